The number of carbonyl (C=O) groups excluding carboxylic acids is 1. The van der Waals surface area contributed by atoms with Crippen molar-refractivity contribution in [2.45, 2.75) is 18.9 Å². The lowest BCUT2D eigenvalue weighted by Crippen LogP contribution is -2.36. The summed E-state index contributed by atoms with van der Waals surface area (Å²) < 4.78 is 5.11. The van der Waals surface area contributed by atoms with Crippen molar-refractivity contribution in [1.29, 1.82) is 0 Å². The molecule has 1 aromatic heterocycles. The van der Waals surface area contributed by atoms with Crippen LogP contribution in [-0.2, 0) is 0 Å². The third-order valence-corrected chi connectivity index (χ3v) is 3.62. The van der Waals surface area contributed by atoms with Crippen molar-refractivity contribution >= 4 is 29.7 Å². The maximum Gasteiger partial charge on any atom is 0.265 e. The van der Waals surface area contributed by atoms with Crippen LogP contribution in [0.1, 0.15) is 22.5 Å². The predicted molar refractivity (Wildman–Crippen MR) is 71.5 cm³/mol. The lowest BCUT2D eigenvalue weighted by atomic mass is 10.2. The van der Waals surface area contributed by atoms with E-state index in [1.54, 1.807) is 7.11 Å². The van der Waals surface area contributed by atoms with E-state index in [2.05, 4.69) is 10.6 Å². The van der Waals surface area contributed by atoms with E-state index in [-0.39, 0.29) is 18.3 Å². The molecule has 0 saturated carbocycles. The van der Waals surface area contributed by atoms with Gasteiger partial charge in [0.2, 0.25) is 0 Å². The van der Waals surface area contributed by atoms with Gasteiger partial charge in [0, 0.05) is 12.6 Å². The molecule has 1 unspecified atom stereocenters. The fourth-order valence-corrected chi connectivity index (χ4v) is 2.63. The van der Waals surface area contributed by atoms with E-state index >= 15 is 0 Å². The zero-order valence-electron chi connectivity index (χ0n) is 9.69. The van der Waals surface area contributed by atoms with Crippen LogP contribution in [0.3, 0.4) is 0 Å². The zero-order chi connectivity index (χ0) is 11.4. The number of halogens is 1. The number of carbonyl (C=O) groups is 1. The van der Waals surface area contributed by atoms with Crippen molar-refractivity contribution in [3.8, 4) is 5.75 Å². The molecule has 1 aliphatic rings. The topological polar surface area (TPSA) is 50.4 Å². The summed E-state index contributed by atoms with van der Waals surface area (Å²) in [5.74, 6) is 0.613. The Morgan fingerprint density at radius 3 is 3.18 bits per heavy atom. The largest absolute Gasteiger partial charge is 0.495 e. The van der Waals surface area contributed by atoms with Gasteiger partial charge < -0.3 is 15.4 Å². The molecule has 0 aliphatic carbocycles. The fourth-order valence-electron chi connectivity index (χ4n) is 1.85. The van der Waals surface area contributed by atoms with Crippen LogP contribution in [0.25, 0.3) is 0 Å². The molecule has 0 spiro atoms. The van der Waals surface area contributed by atoms with Gasteiger partial charge in [-0.3, -0.25) is 4.79 Å². The Kier molecular flexibility index (Phi) is 5.74. The minimum Gasteiger partial charge on any atom is -0.495 e. The minimum absolute atomic E-state index is 0. The Balaban J connectivity index is 0.00000144. The molecule has 1 saturated heterocycles. The van der Waals surface area contributed by atoms with Crippen LogP contribution in [0, 0.1) is 0 Å². The summed E-state index contributed by atoms with van der Waals surface area (Å²) in [6, 6.07) is 2.24. The number of ether oxygens (including phenoxy) is 1. The second kappa shape index (κ2) is 6.83. The predicted octanol–water partition coefficient (Wildman–Crippen LogP) is 1.66. The van der Waals surface area contributed by atoms with E-state index in [9.17, 15) is 4.79 Å². The molecule has 1 aromatic rings. The third-order valence-electron chi connectivity index (χ3n) is 2.73. The Labute approximate surface area is 111 Å². The van der Waals surface area contributed by atoms with Gasteiger partial charge in [-0.1, -0.05) is 0 Å². The Morgan fingerprint density at radius 1 is 1.71 bits per heavy atom. The Hall–Kier alpha value is -0.780. The number of thiophene rings is 1. The maximum atomic E-state index is 11.8. The third kappa shape index (κ3) is 3.59. The van der Waals surface area contributed by atoms with Gasteiger partial charge in [0.05, 0.1) is 7.11 Å². The molecule has 96 valence electrons. The summed E-state index contributed by atoms with van der Waals surface area (Å²) in [5.41, 5.74) is 0. The quantitative estimate of drug-likeness (QED) is 0.879. The highest BCUT2D eigenvalue weighted by atomic mass is 35.5. The molecular formula is C11H17ClN2O2S. The molecule has 2 heterocycles. The number of hydrogen-bond acceptors (Lipinski definition) is 4. The average molecular weight is 277 g/mol. The summed E-state index contributed by atoms with van der Waals surface area (Å²) in [4.78, 5) is 12.5. The summed E-state index contributed by atoms with van der Waals surface area (Å²) in [6.45, 7) is 1.75. The van der Waals surface area contributed by atoms with Gasteiger partial charge in [-0.15, -0.1) is 23.7 Å². The van der Waals surface area contributed by atoms with Gasteiger partial charge in [-0.25, -0.2) is 0 Å². The molecule has 1 atom stereocenters. The first-order valence-corrected chi connectivity index (χ1v) is 6.32. The van der Waals surface area contributed by atoms with Crippen LogP contribution >= 0.6 is 23.7 Å². The van der Waals surface area contributed by atoms with Gasteiger partial charge in [-0.2, -0.15) is 0 Å². The van der Waals surface area contributed by atoms with E-state index in [0.29, 0.717) is 23.2 Å². The van der Waals surface area contributed by atoms with E-state index in [1.807, 2.05) is 11.4 Å². The van der Waals surface area contributed by atoms with E-state index in [0.717, 1.165) is 13.0 Å². The first kappa shape index (κ1) is 14.3. The number of hydrogen-bond donors (Lipinski definition) is 2. The van der Waals surface area contributed by atoms with Crippen LogP contribution in [-0.4, -0.2) is 32.1 Å². The molecule has 6 heteroatoms. The number of nitrogens with one attached hydrogen (secondary N) is 2. The summed E-state index contributed by atoms with van der Waals surface area (Å²) >= 11 is 1.41. The molecule has 17 heavy (non-hydrogen) atoms. The average Bonchev–Trinajstić information content (AvgIpc) is 2.96. The van der Waals surface area contributed by atoms with E-state index < -0.39 is 0 Å². The standard InChI is InChI=1S/C11H16N2O2S.ClH/c1-15-9-4-6-16-10(9)11(14)13-7-8-3-2-5-12-8;/h4,6,8,12H,2-3,5,7H2,1H3,(H,13,14);1H. The molecule has 4 nitrogen and oxygen atoms in total. The number of rotatable bonds is 4. The van der Waals surface area contributed by atoms with Crippen LogP contribution in [0.15, 0.2) is 11.4 Å². The summed E-state index contributed by atoms with van der Waals surface area (Å²) in [5, 5.41) is 8.14. The van der Waals surface area contributed by atoms with Crippen molar-refractivity contribution in [2.24, 2.45) is 0 Å². The number of amides is 1. The highest BCUT2D eigenvalue weighted by molar-refractivity contribution is 7.12. The SMILES string of the molecule is COc1ccsc1C(=O)NCC1CCCN1.Cl. The van der Waals surface area contributed by atoms with E-state index in [4.69, 9.17) is 4.74 Å². The highest BCUT2D eigenvalue weighted by Crippen LogP contribution is 2.23. The van der Waals surface area contributed by atoms with E-state index in [1.165, 1.54) is 17.8 Å². The fraction of sp³-hybridized carbons (Fsp3) is 0.545. The Morgan fingerprint density at radius 2 is 2.53 bits per heavy atom. The van der Waals surface area contributed by atoms with Crippen molar-refractivity contribution in [3.63, 3.8) is 0 Å². The Bertz CT molecular complexity index is 364. The number of methoxy groups -OCH3 is 1. The lowest BCUT2D eigenvalue weighted by Gasteiger charge is -2.11. The molecular weight excluding hydrogens is 260 g/mol. The van der Waals surface area contributed by atoms with Crippen molar-refractivity contribution in [1.82, 2.24) is 10.6 Å². The van der Waals surface area contributed by atoms with Gasteiger partial charge in [0.15, 0.2) is 0 Å². The van der Waals surface area contributed by atoms with Crippen LogP contribution in [0.4, 0.5) is 0 Å². The normalized spacial score (nSPS) is 18.5. The van der Waals surface area contributed by atoms with Crippen molar-refractivity contribution in [3.05, 3.63) is 16.3 Å². The molecule has 0 bridgehead atoms. The smallest absolute Gasteiger partial charge is 0.265 e. The molecule has 0 aromatic carbocycles. The first-order valence-electron chi connectivity index (χ1n) is 5.44. The zero-order valence-corrected chi connectivity index (χ0v) is 11.3. The lowest BCUT2D eigenvalue weighted by molar-refractivity contribution is 0.0951. The monoisotopic (exact) mass is 276 g/mol. The van der Waals surface area contributed by atoms with Gasteiger partial charge >= 0.3 is 0 Å². The summed E-state index contributed by atoms with van der Waals surface area (Å²) in [6.07, 6.45) is 2.34. The molecule has 2 N–H and O–H groups in total. The molecule has 1 amide bonds. The van der Waals surface area contributed by atoms with Gasteiger partial charge in [0.25, 0.3) is 5.91 Å². The van der Waals surface area contributed by atoms with Crippen LogP contribution in [0.5, 0.6) is 5.75 Å². The van der Waals surface area contributed by atoms with Crippen molar-refractivity contribution < 1.29 is 9.53 Å². The second-order valence-electron chi connectivity index (χ2n) is 3.82. The molecule has 1 fully saturated rings. The maximum absolute atomic E-state index is 11.8. The van der Waals surface area contributed by atoms with Crippen LogP contribution in [0.2, 0.25) is 0 Å². The highest BCUT2D eigenvalue weighted by Gasteiger charge is 2.17. The van der Waals surface area contributed by atoms with Gasteiger partial charge in [0.1, 0.15) is 10.6 Å². The van der Waals surface area contributed by atoms with Gasteiger partial charge in [-0.05, 0) is 30.8 Å². The summed E-state index contributed by atoms with van der Waals surface area (Å²) in [7, 11) is 1.58. The second-order valence-corrected chi connectivity index (χ2v) is 4.74. The molecule has 0 radical (unpaired) electrons. The van der Waals surface area contributed by atoms with Crippen LogP contribution < -0.4 is 15.4 Å². The molecule has 2 rings (SSSR count). The molecule has 1 aliphatic heterocycles. The first-order chi connectivity index (χ1) is 7.81. The minimum atomic E-state index is -0.0412. The van der Waals surface area contributed by atoms with Crippen molar-refractivity contribution in [2.75, 3.05) is 20.2 Å².